The van der Waals surface area contributed by atoms with Crippen molar-refractivity contribution in [1.82, 2.24) is 0 Å². The number of ether oxygens (including phenoxy) is 3. The van der Waals surface area contributed by atoms with Crippen molar-refractivity contribution in [2.45, 2.75) is 39.5 Å². The van der Waals surface area contributed by atoms with Crippen LogP contribution in [0.1, 0.15) is 39.5 Å². The molecule has 0 rings (SSSR count). The van der Waals surface area contributed by atoms with Gasteiger partial charge in [0.25, 0.3) is 0 Å². The summed E-state index contributed by atoms with van der Waals surface area (Å²) in [6.07, 6.45) is 1.75. The fourth-order valence-electron chi connectivity index (χ4n) is 2.33. The number of methoxy groups -OCH3 is 3. The van der Waals surface area contributed by atoms with Gasteiger partial charge in [-0.05, 0) is 25.7 Å². The average Bonchev–Trinajstić information content (AvgIpc) is 2.52. The molecule has 0 bridgehead atoms. The van der Waals surface area contributed by atoms with Crippen LogP contribution in [0.5, 0.6) is 0 Å². The van der Waals surface area contributed by atoms with Gasteiger partial charge in [0, 0.05) is 0 Å². The van der Waals surface area contributed by atoms with Gasteiger partial charge in [-0.25, -0.2) is 0 Å². The smallest absolute Gasteiger partial charge is 0.308 e. The highest BCUT2D eigenvalue weighted by Gasteiger charge is 2.31. The highest BCUT2D eigenvalue weighted by molar-refractivity contribution is 5.77. The predicted octanol–water partition coefficient (Wildman–Crippen LogP) is 1.95. The predicted molar refractivity (Wildman–Crippen MR) is 76.3 cm³/mol. The molecular weight excluding hydrogens is 276 g/mol. The molecule has 0 saturated carbocycles. The lowest BCUT2D eigenvalue weighted by Crippen LogP contribution is -2.28. The van der Waals surface area contributed by atoms with E-state index in [9.17, 15) is 14.4 Å². The molecule has 0 radical (unpaired) electrons. The Balaban J connectivity index is 4.98. The Kier molecular flexibility index (Phi) is 9.41. The third-order valence-electron chi connectivity index (χ3n) is 3.73. The first-order valence-electron chi connectivity index (χ1n) is 7.18. The summed E-state index contributed by atoms with van der Waals surface area (Å²) in [5.74, 6) is -2.40. The molecule has 0 N–H and O–H groups in total. The van der Waals surface area contributed by atoms with Crippen molar-refractivity contribution in [1.29, 1.82) is 0 Å². The Morgan fingerprint density at radius 2 is 0.952 bits per heavy atom. The second-order valence-electron chi connectivity index (χ2n) is 4.95. The number of hydrogen-bond donors (Lipinski definition) is 0. The molecule has 0 amide bonds. The highest BCUT2D eigenvalue weighted by atomic mass is 16.5. The summed E-state index contributed by atoms with van der Waals surface area (Å²) in [4.78, 5) is 35.2. The molecule has 0 aliphatic rings. The van der Waals surface area contributed by atoms with Crippen molar-refractivity contribution in [3.05, 3.63) is 0 Å². The summed E-state index contributed by atoms with van der Waals surface area (Å²) in [6, 6.07) is 0. The van der Waals surface area contributed by atoms with Crippen LogP contribution in [-0.2, 0) is 28.6 Å². The normalized spacial score (nSPS) is 14.7. The molecule has 0 heterocycles. The zero-order valence-corrected chi connectivity index (χ0v) is 13.5. The molecule has 6 nitrogen and oxygen atoms in total. The van der Waals surface area contributed by atoms with Crippen LogP contribution in [-0.4, -0.2) is 39.2 Å². The minimum atomic E-state index is -0.525. The number of rotatable bonds is 9. The molecule has 0 fully saturated rings. The molecule has 2 unspecified atom stereocenters. The lowest BCUT2D eigenvalue weighted by Gasteiger charge is -2.22. The van der Waals surface area contributed by atoms with Gasteiger partial charge in [0.15, 0.2) is 0 Å². The summed E-state index contributed by atoms with van der Waals surface area (Å²) >= 11 is 0. The van der Waals surface area contributed by atoms with Crippen LogP contribution >= 0.6 is 0 Å². The van der Waals surface area contributed by atoms with Crippen LogP contribution in [0.4, 0.5) is 0 Å². The lowest BCUT2D eigenvalue weighted by atomic mass is 9.85. The Morgan fingerprint density at radius 1 is 0.667 bits per heavy atom. The molecule has 0 spiro atoms. The maximum absolute atomic E-state index is 11.9. The van der Waals surface area contributed by atoms with Gasteiger partial charge in [-0.15, -0.1) is 0 Å². The summed E-state index contributed by atoms with van der Waals surface area (Å²) in [5, 5.41) is 0. The topological polar surface area (TPSA) is 78.9 Å². The molecule has 0 aliphatic carbocycles. The van der Waals surface area contributed by atoms with Crippen molar-refractivity contribution in [2.24, 2.45) is 17.8 Å². The van der Waals surface area contributed by atoms with Gasteiger partial charge in [0.05, 0.1) is 39.1 Å². The second kappa shape index (κ2) is 10.2. The molecular formula is C15H26O6. The van der Waals surface area contributed by atoms with E-state index < -0.39 is 11.9 Å². The summed E-state index contributed by atoms with van der Waals surface area (Å²) in [5.41, 5.74) is 0. The number of hydrogen-bond acceptors (Lipinski definition) is 6. The van der Waals surface area contributed by atoms with Crippen LogP contribution in [0.15, 0.2) is 0 Å². The Bertz CT molecular complexity index is 326. The van der Waals surface area contributed by atoms with Gasteiger partial charge in [-0.1, -0.05) is 13.8 Å². The third-order valence-corrected chi connectivity index (χ3v) is 3.73. The van der Waals surface area contributed by atoms with Gasteiger partial charge in [0.1, 0.15) is 0 Å². The first-order valence-corrected chi connectivity index (χ1v) is 7.18. The molecule has 0 aromatic carbocycles. The third kappa shape index (κ3) is 6.14. The molecule has 0 aromatic heterocycles. The van der Waals surface area contributed by atoms with Gasteiger partial charge in [0.2, 0.25) is 0 Å². The van der Waals surface area contributed by atoms with E-state index in [1.807, 2.05) is 13.8 Å². The lowest BCUT2D eigenvalue weighted by molar-refractivity contribution is -0.151. The van der Waals surface area contributed by atoms with Crippen molar-refractivity contribution in [3.8, 4) is 0 Å². The highest BCUT2D eigenvalue weighted by Crippen LogP contribution is 2.26. The van der Waals surface area contributed by atoms with Crippen LogP contribution in [0.2, 0.25) is 0 Å². The summed E-state index contributed by atoms with van der Waals surface area (Å²) < 4.78 is 14.3. The van der Waals surface area contributed by atoms with E-state index in [-0.39, 0.29) is 23.8 Å². The van der Waals surface area contributed by atoms with Crippen LogP contribution in [0.25, 0.3) is 0 Å². The Morgan fingerprint density at radius 3 is 1.19 bits per heavy atom. The van der Waals surface area contributed by atoms with Crippen molar-refractivity contribution >= 4 is 17.9 Å². The molecule has 0 aromatic rings. The van der Waals surface area contributed by atoms with Gasteiger partial charge in [-0.2, -0.15) is 0 Å². The van der Waals surface area contributed by atoms with Crippen molar-refractivity contribution < 1.29 is 28.6 Å². The van der Waals surface area contributed by atoms with Gasteiger partial charge in [-0.3, -0.25) is 14.4 Å². The van der Waals surface area contributed by atoms with E-state index in [0.29, 0.717) is 25.7 Å². The number of carbonyl (C=O) groups is 3. The Labute approximate surface area is 126 Å². The zero-order chi connectivity index (χ0) is 16.4. The standard InChI is InChI=1S/C15H26O6/c1-6-10(13(16)19-3)8-12(15(18)21-5)9-11(7-2)14(17)20-4/h10-12H,6-9H2,1-5H3. The van der Waals surface area contributed by atoms with E-state index in [2.05, 4.69) is 0 Å². The zero-order valence-electron chi connectivity index (χ0n) is 13.5. The van der Waals surface area contributed by atoms with E-state index >= 15 is 0 Å². The molecule has 0 aliphatic heterocycles. The summed E-state index contributed by atoms with van der Waals surface area (Å²) in [6.45, 7) is 3.71. The van der Waals surface area contributed by atoms with E-state index in [1.54, 1.807) is 0 Å². The minimum absolute atomic E-state index is 0.309. The average molecular weight is 302 g/mol. The molecule has 2 atom stereocenters. The Hall–Kier alpha value is -1.59. The SMILES string of the molecule is CCC(CC(CC(CC)C(=O)OC)C(=O)OC)C(=O)OC. The van der Waals surface area contributed by atoms with Crippen LogP contribution < -0.4 is 0 Å². The molecule has 21 heavy (non-hydrogen) atoms. The molecule has 122 valence electrons. The van der Waals surface area contributed by atoms with Crippen molar-refractivity contribution in [2.75, 3.05) is 21.3 Å². The fourth-order valence-corrected chi connectivity index (χ4v) is 2.33. The fraction of sp³-hybridized carbons (Fsp3) is 0.800. The maximum atomic E-state index is 11.9. The second-order valence-corrected chi connectivity index (χ2v) is 4.95. The first kappa shape index (κ1) is 19.4. The monoisotopic (exact) mass is 302 g/mol. The van der Waals surface area contributed by atoms with Gasteiger partial charge >= 0.3 is 17.9 Å². The molecule has 0 saturated heterocycles. The van der Waals surface area contributed by atoms with Gasteiger partial charge < -0.3 is 14.2 Å². The number of carbonyl (C=O) groups excluding carboxylic acids is 3. The largest absolute Gasteiger partial charge is 0.469 e. The van der Waals surface area contributed by atoms with Crippen LogP contribution in [0, 0.1) is 17.8 Å². The molecule has 6 heteroatoms. The van der Waals surface area contributed by atoms with E-state index in [1.165, 1.54) is 21.3 Å². The minimum Gasteiger partial charge on any atom is -0.469 e. The van der Waals surface area contributed by atoms with Crippen molar-refractivity contribution in [3.63, 3.8) is 0 Å². The quantitative estimate of drug-likeness (QED) is 0.478. The first-order chi connectivity index (χ1) is 9.94. The van der Waals surface area contributed by atoms with Crippen LogP contribution in [0.3, 0.4) is 0 Å². The van der Waals surface area contributed by atoms with E-state index in [0.717, 1.165) is 0 Å². The summed E-state index contributed by atoms with van der Waals surface area (Å²) in [7, 11) is 3.94. The maximum Gasteiger partial charge on any atom is 0.308 e. The van der Waals surface area contributed by atoms with E-state index in [4.69, 9.17) is 14.2 Å². The number of esters is 3.